The molecule has 0 fully saturated rings. The molecule has 4 rings (SSSR count). The van der Waals surface area contributed by atoms with Gasteiger partial charge in [-0.05, 0) is 42.8 Å². The minimum Gasteiger partial charge on any atom is -0.464 e. The number of nitrogens with one attached hydrogen (secondary N) is 2. The average Bonchev–Trinajstić information content (AvgIpc) is 3.04. The first-order chi connectivity index (χ1) is 12.1. The lowest BCUT2D eigenvalue weighted by Gasteiger charge is -2.09. The Morgan fingerprint density at radius 1 is 1.08 bits per heavy atom. The summed E-state index contributed by atoms with van der Waals surface area (Å²) in [5.41, 5.74) is 1.74. The maximum Gasteiger partial charge on any atom is 0.326 e. The highest BCUT2D eigenvalue weighted by atomic mass is 16.5. The molecular weight excluding hydrogens is 322 g/mol. The van der Waals surface area contributed by atoms with Crippen LogP contribution < -0.4 is 16.0 Å². The SMILES string of the molecule is Cc1cc(Oc2nccc3occc23)ccc1-c1cc(=O)[nH]c(=O)[nH]1. The molecule has 25 heavy (non-hydrogen) atoms. The molecule has 0 saturated heterocycles. The van der Waals surface area contributed by atoms with Gasteiger partial charge in [0.15, 0.2) is 0 Å². The van der Waals surface area contributed by atoms with E-state index in [0.717, 1.165) is 16.5 Å². The molecule has 1 aromatic carbocycles. The number of ether oxygens (including phenoxy) is 1. The predicted molar refractivity (Wildman–Crippen MR) is 91.9 cm³/mol. The topological polar surface area (TPSA) is 101 Å². The van der Waals surface area contributed by atoms with Crippen LogP contribution in [0, 0.1) is 6.92 Å². The van der Waals surface area contributed by atoms with Crippen molar-refractivity contribution >= 4 is 11.0 Å². The van der Waals surface area contributed by atoms with Gasteiger partial charge in [0, 0.05) is 17.8 Å². The lowest BCUT2D eigenvalue weighted by atomic mass is 10.1. The highest BCUT2D eigenvalue weighted by molar-refractivity contribution is 5.82. The molecule has 0 atom stereocenters. The Bertz CT molecular complexity index is 1160. The predicted octanol–water partition coefficient (Wildman–Crippen LogP) is 2.97. The summed E-state index contributed by atoms with van der Waals surface area (Å²) in [7, 11) is 0. The highest BCUT2D eigenvalue weighted by Crippen LogP contribution is 2.30. The lowest BCUT2D eigenvalue weighted by molar-refractivity contribution is 0.468. The average molecular weight is 335 g/mol. The number of aromatic nitrogens is 3. The fraction of sp³-hybridized carbons (Fsp3) is 0.0556. The smallest absolute Gasteiger partial charge is 0.326 e. The number of rotatable bonds is 3. The van der Waals surface area contributed by atoms with E-state index in [2.05, 4.69) is 15.0 Å². The van der Waals surface area contributed by atoms with E-state index >= 15 is 0 Å². The zero-order valence-corrected chi connectivity index (χ0v) is 13.2. The first kappa shape index (κ1) is 14.9. The molecule has 0 unspecified atom stereocenters. The van der Waals surface area contributed by atoms with Gasteiger partial charge in [0.1, 0.15) is 11.3 Å². The number of hydrogen-bond donors (Lipinski definition) is 2. The monoisotopic (exact) mass is 335 g/mol. The van der Waals surface area contributed by atoms with Gasteiger partial charge in [-0.1, -0.05) is 0 Å². The summed E-state index contributed by atoms with van der Waals surface area (Å²) in [5, 5.41) is 0.781. The molecule has 0 aliphatic heterocycles. The number of fused-ring (bicyclic) bond motifs is 1. The second-order valence-corrected chi connectivity index (χ2v) is 5.53. The molecule has 0 amide bonds. The molecule has 7 nitrogen and oxygen atoms in total. The first-order valence-electron chi connectivity index (χ1n) is 7.55. The van der Waals surface area contributed by atoms with Crippen LogP contribution in [0.5, 0.6) is 11.6 Å². The first-order valence-corrected chi connectivity index (χ1v) is 7.55. The summed E-state index contributed by atoms with van der Waals surface area (Å²) in [4.78, 5) is 31.9. The van der Waals surface area contributed by atoms with Gasteiger partial charge in [0.05, 0.1) is 17.3 Å². The Morgan fingerprint density at radius 2 is 1.96 bits per heavy atom. The van der Waals surface area contributed by atoms with Crippen molar-refractivity contribution in [2.75, 3.05) is 0 Å². The summed E-state index contributed by atoms with van der Waals surface area (Å²) in [6, 6.07) is 10.3. The molecule has 0 saturated carbocycles. The van der Waals surface area contributed by atoms with Gasteiger partial charge in [-0.15, -0.1) is 0 Å². The Labute approximate surface area is 140 Å². The van der Waals surface area contributed by atoms with Gasteiger partial charge in [-0.2, -0.15) is 0 Å². The molecule has 0 aliphatic rings. The second kappa shape index (κ2) is 5.79. The van der Waals surface area contributed by atoms with E-state index in [1.165, 1.54) is 6.07 Å². The summed E-state index contributed by atoms with van der Waals surface area (Å²) >= 11 is 0. The second-order valence-electron chi connectivity index (χ2n) is 5.53. The van der Waals surface area contributed by atoms with Crippen LogP contribution in [0.25, 0.3) is 22.2 Å². The minimum absolute atomic E-state index is 0.447. The van der Waals surface area contributed by atoms with Gasteiger partial charge in [0.25, 0.3) is 5.56 Å². The van der Waals surface area contributed by atoms with Crippen molar-refractivity contribution < 1.29 is 9.15 Å². The van der Waals surface area contributed by atoms with Crippen molar-refractivity contribution in [1.29, 1.82) is 0 Å². The lowest BCUT2D eigenvalue weighted by Crippen LogP contribution is -2.21. The van der Waals surface area contributed by atoms with Crippen molar-refractivity contribution in [1.82, 2.24) is 15.0 Å². The molecule has 3 heterocycles. The normalized spacial score (nSPS) is 10.9. The number of hydrogen-bond acceptors (Lipinski definition) is 5. The van der Waals surface area contributed by atoms with Crippen molar-refractivity contribution in [3.05, 3.63) is 75.3 Å². The molecule has 0 spiro atoms. The van der Waals surface area contributed by atoms with Gasteiger partial charge < -0.3 is 14.1 Å². The van der Waals surface area contributed by atoms with E-state index in [0.29, 0.717) is 22.9 Å². The number of aryl methyl sites for hydroxylation is 1. The van der Waals surface area contributed by atoms with E-state index in [1.54, 1.807) is 36.7 Å². The summed E-state index contributed by atoms with van der Waals surface area (Å²) in [6.45, 7) is 1.87. The largest absolute Gasteiger partial charge is 0.464 e. The van der Waals surface area contributed by atoms with E-state index < -0.39 is 11.2 Å². The summed E-state index contributed by atoms with van der Waals surface area (Å²) in [5.74, 6) is 1.04. The molecule has 4 aromatic rings. The molecule has 7 heteroatoms. The van der Waals surface area contributed by atoms with Crippen LogP contribution in [0.15, 0.2) is 62.9 Å². The molecular formula is C18H13N3O4. The van der Waals surface area contributed by atoms with Crippen molar-refractivity contribution in [3.63, 3.8) is 0 Å². The Kier molecular flexibility index (Phi) is 3.46. The maximum atomic E-state index is 11.5. The Morgan fingerprint density at radius 3 is 2.76 bits per heavy atom. The van der Waals surface area contributed by atoms with Gasteiger partial charge in [0.2, 0.25) is 5.88 Å². The van der Waals surface area contributed by atoms with E-state index in [1.807, 2.05) is 13.0 Å². The van der Waals surface area contributed by atoms with E-state index in [9.17, 15) is 9.59 Å². The molecule has 0 bridgehead atoms. The van der Waals surface area contributed by atoms with Crippen LogP contribution in [0.2, 0.25) is 0 Å². The Hall–Kier alpha value is -3.61. The molecule has 0 radical (unpaired) electrons. The number of aromatic amines is 2. The van der Waals surface area contributed by atoms with Gasteiger partial charge >= 0.3 is 5.69 Å². The van der Waals surface area contributed by atoms with Crippen LogP contribution in [-0.4, -0.2) is 15.0 Å². The molecule has 2 N–H and O–H groups in total. The fourth-order valence-electron chi connectivity index (χ4n) is 2.68. The number of benzene rings is 1. The number of nitrogens with zero attached hydrogens (tertiary/aromatic N) is 1. The van der Waals surface area contributed by atoms with Crippen molar-refractivity contribution in [3.8, 4) is 22.9 Å². The van der Waals surface area contributed by atoms with Gasteiger partial charge in [-0.25, -0.2) is 9.78 Å². The van der Waals surface area contributed by atoms with Crippen molar-refractivity contribution in [2.24, 2.45) is 0 Å². The fourth-order valence-corrected chi connectivity index (χ4v) is 2.68. The molecule has 3 aromatic heterocycles. The van der Waals surface area contributed by atoms with E-state index in [-0.39, 0.29) is 0 Å². The van der Waals surface area contributed by atoms with Crippen LogP contribution >= 0.6 is 0 Å². The zero-order valence-electron chi connectivity index (χ0n) is 13.2. The number of pyridine rings is 1. The maximum absolute atomic E-state index is 11.5. The third kappa shape index (κ3) is 2.83. The minimum atomic E-state index is -0.543. The molecule has 124 valence electrons. The standard InChI is InChI=1S/C18H13N3O4/c1-10-8-11(25-17-13-5-7-24-15(13)4-6-19-17)2-3-12(10)14-9-16(22)21-18(23)20-14/h2-9H,1H3,(H2,20,21,22,23). The zero-order chi connectivity index (χ0) is 17.4. The summed E-state index contributed by atoms with van der Waals surface area (Å²) < 4.78 is 11.2. The number of furan rings is 1. The van der Waals surface area contributed by atoms with Crippen LogP contribution in [0.4, 0.5) is 0 Å². The highest BCUT2D eigenvalue weighted by Gasteiger charge is 2.10. The molecule has 0 aliphatic carbocycles. The van der Waals surface area contributed by atoms with E-state index in [4.69, 9.17) is 9.15 Å². The van der Waals surface area contributed by atoms with Gasteiger partial charge in [-0.3, -0.25) is 9.78 Å². The van der Waals surface area contributed by atoms with Crippen molar-refractivity contribution in [2.45, 2.75) is 6.92 Å². The van der Waals surface area contributed by atoms with Crippen LogP contribution in [-0.2, 0) is 0 Å². The van der Waals surface area contributed by atoms with Crippen LogP contribution in [0.1, 0.15) is 5.56 Å². The quantitative estimate of drug-likeness (QED) is 0.599. The summed E-state index contributed by atoms with van der Waals surface area (Å²) in [6.07, 6.45) is 3.19. The van der Waals surface area contributed by atoms with Crippen LogP contribution in [0.3, 0.4) is 0 Å². The Balaban J connectivity index is 1.71. The third-order valence-electron chi connectivity index (χ3n) is 3.81. The number of H-pyrrole nitrogens is 2. The third-order valence-corrected chi connectivity index (χ3v) is 3.81.